The van der Waals surface area contributed by atoms with Gasteiger partial charge in [0.05, 0.1) is 23.1 Å². The summed E-state index contributed by atoms with van der Waals surface area (Å²) >= 11 is 7.76. The molecule has 3 aromatic rings. The highest BCUT2D eigenvalue weighted by Gasteiger charge is 2.18. The van der Waals surface area contributed by atoms with Crippen molar-refractivity contribution in [3.05, 3.63) is 27.6 Å². The van der Waals surface area contributed by atoms with E-state index in [2.05, 4.69) is 26.6 Å². The van der Waals surface area contributed by atoms with Crippen LogP contribution in [0.25, 0.3) is 11.2 Å². The lowest BCUT2D eigenvalue weighted by Gasteiger charge is -2.07. The van der Waals surface area contributed by atoms with Crippen molar-refractivity contribution in [2.45, 2.75) is 39.7 Å². The molecule has 0 amide bonds. The Hall–Kier alpha value is -1.40. The van der Waals surface area contributed by atoms with Crippen molar-refractivity contribution in [2.75, 3.05) is 0 Å². The summed E-state index contributed by atoms with van der Waals surface area (Å²) in [5.41, 5.74) is 2.95. The first-order chi connectivity index (χ1) is 9.63. The van der Waals surface area contributed by atoms with Crippen LogP contribution in [0.2, 0.25) is 0 Å². The summed E-state index contributed by atoms with van der Waals surface area (Å²) in [6, 6.07) is 0. The van der Waals surface area contributed by atoms with Crippen LogP contribution in [0, 0.1) is 13.8 Å². The Morgan fingerprint density at radius 2 is 2.15 bits per heavy atom. The number of imidazole rings is 1. The second kappa shape index (κ2) is 5.18. The third kappa shape index (κ3) is 2.13. The zero-order valence-corrected chi connectivity index (χ0v) is 13.3. The first kappa shape index (κ1) is 13.6. The van der Waals surface area contributed by atoms with Gasteiger partial charge in [0, 0.05) is 17.6 Å². The van der Waals surface area contributed by atoms with Gasteiger partial charge in [-0.15, -0.1) is 22.9 Å². The van der Waals surface area contributed by atoms with Gasteiger partial charge in [-0.05, 0) is 20.8 Å². The number of hydrogen-bond donors (Lipinski definition) is 0. The minimum Gasteiger partial charge on any atom is -0.306 e. The highest BCUT2D eigenvalue weighted by Crippen LogP contribution is 2.23. The Morgan fingerprint density at radius 3 is 2.75 bits per heavy atom. The maximum Gasteiger partial charge on any atom is 0.159 e. The standard InChI is InChI=1S/C13H16ClN5S/c1-4-19-13-12(8(2)17-19)16-11(5-14)18(13)7-10-6-15-9(3)20-10/h6H,4-5,7H2,1-3H3. The van der Waals surface area contributed by atoms with Crippen LogP contribution in [0.15, 0.2) is 6.20 Å². The van der Waals surface area contributed by atoms with Gasteiger partial charge in [0.2, 0.25) is 0 Å². The third-order valence-corrected chi connectivity index (χ3v) is 4.42. The van der Waals surface area contributed by atoms with E-state index in [-0.39, 0.29) is 0 Å². The lowest BCUT2D eigenvalue weighted by Crippen LogP contribution is -2.08. The summed E-state index contributed by atoms with van der Waals surface area (Å²) in [5, 5.41) is 5.60. The Balaban J connectivity index is 2.16. The number of fused-ring (bicyclic) bond motifs is 1. The lowest BCUT2D eigenvalue weighted by molar-refractivity contribution is 0.640. The molecule has 0 N–H and O–H groups in total. The van der Waals surface area contributed by atoms with Crippen LogP contribution in [-0.4, -0.2) is 24.3 Å². The Bertz CT molecular complexity index is 754. The predicted octanol–water partition coefficient (Wildman–Crippen LogP) is 3.11. The van der Waals surface area contributed by atoms with E-state index in [9.17, 15) is 0 Å². The zero-order chi connectivity index (χ0) is 14.3. The molecular weight excluding hydrogens is 294 g/mol. The molecule has 0 radical (unpaired) electrons. The molecule has 0 aromatic carbocycles. The van der Waals surface area contributed by atoms with E-state index >= 15 is 0 Å². The summed E-state index contributed by atoms with van der Waals surface area (Å²) in [6.07, 6.45) is 1.92. The van der Waals surface area contributed by atoms with Crippen LogP contribution in [0.4, 0.5) is 0 Å². The molecule has 0 spiro atoms. The first-order valence-corrected chi connectivity index (χ1v) is 7.89. The SMILES string of the molecule is CCn1nc(C)c2nc(CCl)n(Cc3cnc(C)s3)c21. The van der Waals surface area contributed by atoms with Crippen molar-refractivity contribution in [3.63, 3.8) is 0 Å². The molecule has 0 saturated heterocycles. The fourth-order valence-corrected chi connectivity index (χ4v) is 3.38. The van der Waals surface area contributed by atoms with Crippen molar-refractivity contribution >= 4 is 34.1 Å². The minimum atomic E-state index is 0.398. The fourth-order valence-electron chi connectivity index (χ4n) is 2.39. The molecule has 106 valence electrons. The average Bonchev–Trinajstić information content (AvgIpc) is 3.08. The van der Waals surface area contributed by atoms with Gasteiger partial charge in [0.25, 0.3) is 0 Å². The lowest BCUT2D eigenvalue weighted by atomic mass is 10.4. The van der Waals surface area contributed by atoms with E-state index in [4.69, 9.17) is 11.6 Å². The molecule has 0 unspecified atom stereocenters. The van der Waals surface area contributed by atoms with Crippen molar-refractivity contribution in [1.82, 2.24) is 24.3 Å². The third-order valence-electron chi connectivity index (χ3n) is 3.28. The second-order valence-electron chi connectivity index (χ2n) is 4.67. The van der Waals surface area contributed by atoms with E-state index in [0.29, 0.717) is 5.88 Å². The van der Waals surface area contributed by atoms with Gasteiger partial charge in [-0.3, -0.25) is 0 Å². The van der Waals surface area contributed by atoms with Gasteiger partial charge in [0.1, 0.15) is 11.3 Å². The van der Waals surface area contributed by atoms with Gasteiger partial charge >= 0.3 is 0 Å². The summed E-state index contributed by atoms with van der Waals surface area (Å²) in [7, 11) is 0. The van der Waals surface area contributed by atoms with Gasteiger partial charge in [-0.25, -0.2) is 14.6 Å². The maximum atomic E-state index is 6.05. The minimum absolute atomic E-state index is 0.398. The van der Waals surface area contributed by atoms with E-state index in [0.717, 1.165) is 40.8 Å². The maximum absolute atomic E-state index is 6.05. The Morgan fingerprint density at radius 1 is 1.35 bits per heavy atom. The monoisotopic (exact) mass is 309 g/mol. The molecule has 5 nitrogen and oxygen atoms in total. The molecule has 3 heterocycles. The van der Waals surface area contributed by atoms with Crippen molar-refractivity contribution < 1.29 is 0 Å². The van der Waals surface area contributed by atoms with Crippen LogP contribution in [0.1, 0.15) is 28.3 Å². The highest BCUT2D eigenvalue weighted by molar-refractivity contribution is 7.11. The smallest absolute Gasteiger partial charge is 0.159 e. The van der Waals surface area contributed by atoms with Crippen molar-refractivity contribution in [1.29, 1.82) is 0 Å². The van der Waals surface area contributed by atoms with Crippen LogP contribution in [-0.2, 0) is 19.0 Å². The summed E-state index contributed by atoms with van der Waals surface area (Å²) in [6.45, 7) is 7.65. The number of hydrogen-bond acceptors (Lipinski definition) is 4. The molecule has 20 heavy (non-hydrogen) atoms. The predicted molar refractivity (Wildman–Crippen MR) is 81.4 cm³/mol. The van der Waals surface area contributed by atoms with Crippen LogP contribution in [0.5, 0.6) is 0 Å². The van der Waals surface area contributed by atoms with Gasteiger partial charge in [-0.2, -0.15) is 5.10 Å². The van der Waals surface area contributed by atoms with Gasteiger partial charge in [0.15, 0.2) is 5.65 Å². The number of halogens is 1. The number of nitrogens with zero attached hydrogens (tertiary/aromatic N) is 5. The molecule has 3 aromatic heterocycles. The molecule has 0 aliphatic heterocycles. The molecule has 0 atom stereocenters. The average molecular weight is 310 g/mol. The molecule has 0 bridgehead atoms. The van der Waals surface area contributed by atoms with Crippen molar-refractivity contribution in [3.8, 4) is 0 Å². The van der Waals surface area contributed by atoms with E-state index in [1.165, 1.54) is 4.88 Å². The normalized spacial score (nSPS) is 11.6. The van der Waals surface area contributed by atoms with Gasteiger partial charge < -0.3 is 4.57 Å². The van der Waals surface area contributed by atoms with Crippen LogP contribution in [0.3, 0.4) is 0 Å². The molecule has 7 heteroatoms. The summed E-state index contributed by atoms with van der Waals surface area (Å²) in [5.74, 6) is 1.28. The highest BCUT2D eigenvalue weighted by atomic mass is 35.5. The number of alkyl halides is 1. The van der Waals surface area contributed by atoms with Crippen LogP contribution >= 0.6 is 22.9 Å². The molecule has 0 saturated carbocycles. The fraction of sp³-hybridized carbons (Fsp3) is 0.462. The van der Waals surface area contributed by atoms with E-state index < -0.39 is 0 Å². The molecule has 0 fully saturated rings. The number of thiazole rings is 1. The number of aromatic nitrogens is 5. The topological polar surface area (TPSA) is 48.5 Å². The largest absolute Gasteiger partial charge is 0.306 e. The summed E-state index contributed by atoms with van der Waals surface area (Å²) in [4.78, 5) is 10.1. The molecular formula is C13H16ClN5S. The van der Waals surface area contributed by atoms with E-state index in [1.807, 2.05) is 24.7 Å². The first-order valence-electron chi connectivity index (χ1n) is 6.53. The molecule has 0 aliphatic rings. The number of rotatable bonds is 4. The van der Waals surface area contributed by atoms with Crippen LogP contribution < -0.4 is 0 Å². The zero-order valence-electron chi connectivity index (χ0n) is 11.7. The Kier molecular flexibility index (Phi) is 3.52. The Labute approximate surface area is 126 Å². The van der Waals surface area contributed by atoms with E-state index in [1.54, 1.807) is 11.3 Å². The quantitative estimate of drug-likeness (QED) is 0.696. The second-order valence-corrected chi connectivity index (χ2v) is 6.25. The van der Waals surface area contributed by atoms with Gasteiger partial charge in [-0.1, -0.05) is 0 Å². The van der Waals surface area contributed by atoms with Crippen molar-refractivity contribution in [2.24, 2.45) is 0 Å². The summed E-state index contributed by atoms with van der Waals surface area (Å²) < 4.78 is 4.14. The molecule has 0 aliphatic carbocycles. The number of aryl methyl sites for hydroxylation is 3. The molecule has 3 rings (SSSR count).